The second-order valence-electron chi connectivity index (χ2n) is 3.81. The molecule has 1 heterocycles. The van der Waals surface area contributed by atoms with Gasteiger partial charge in [-0.1, -0.05) is 22.9 Å². The molecule has 0 bridgehead atoms. The van der Waals surface area contributed by atoms with Gasteiger partial charge in [0.2, 0.25) is 0 Å². The first-order chi connectivity index (χ1) is 8.52. The number of hydrogen-bond donors (Lipinski definition) is 0. The van der Waals surface area contributed by atoms with E-state index in [4.69, 9.17) is 0 Å². The van der Waals surface area contributed by atoms with Crippen LogP contribution in [0.4, 0.5) is 8.78 Å². The number of aryl methyl sites for hydroxylation is 1. The van der Waals surface area contributed by atoms with Gasteiger partial charge in [0.1, 0.15) is 11.6 Å². The highest BCUT2D eigenvalue weighted by atomic mass is 79.9. The maximum atomic E-state index is 13.8. The maximum absolute atomic E-state index is 13.8. The summed E-state index contributed by atoms with van der Waals surface area (Å²) in [4.78, 5) is 1.89. The molecule has 96 valence electrons. The molecule has 0 saturated carbocycles. The molecule has 18 heavy (non-hydrogen) atoms. The second-order valence-corrected chi connectivity index (χ2v) is 6.78. The Kier molecular flexibility index (Phi) is 4.56. The van der Waals surface area contributed by atoms with Gasteiger partial charge in [-0.25, -0.2) is 8.78 Å². The van der Waals surface area contributed by atoms with Crippen molar-refractivity contribution in [3.05, 3.63) is 55.7 Å². The Bertz CT molecular complexity index is 566. The van der Waals surface area contributed by atoms with Crippen molar-refractivity contribution in [2.75, 3.05) is 0 Å². The third-order valence-corrected chi connectivity index (χ3v) is 5.79. The van der Waals surface area contributed by atoms with E-state index in [0.29, 0.717) is 5.56 Å². The maximum Gasteiger partial charge on any atom is 0.137 e. The molecule has 1 aromatic heterocycles. The highest BCUT2D eigenvalue weighted by Gasteiger charge is 2.18. The zero-order valence-corrected chi connectivity index (χ0v) is 13.5. The summed E-state index contributed by atoms with van der Waals surface area (Å²) in [5, 5.41) is 0. The van der Waals surface area contributed by atoms with Crippen molar-refractivity contribution in [3.63, 3.8) is 0 Å². The molecule has 0 aliphatic heterocycles. The van der Waals surface area contributed by atoms with Crippen molar-refractivity contribution in [2.45, 2.75) is 18.2 Å². The van der Waals surface area contributed by atoms with E-state index in [9.17, 15) is 8.78 Å². The fourth-order valence-electron chi connectivity index (χ4n) is 1.61. The number of benzene rings is 1. The van der Waals surface area contributed by atoms with Crippen LogP contribution in [0.2, 0.25) is 0 Å². The first kappa shape index (κ1) is 14.2. The summed E-state index contributed by atoms with van der Waals surface area (Å²) in [6, 6.07) is 6.35. The number of hydrogen-bond acceptors (Lipinski definition) is 1. The van der Waals surface area contributed by atoms with E-state index >= 15 is 0 Å². The molecule has 1 unspecified atom stereocenters. The van der Waals surface area contributed by atoms with Crippen LogP contribution in [0.25, 0.3) is 0 Å². The topological polar surface area (TPSA) is 0 Å². The minimum Gasteiger partial charge on any atom is -0.207 e. The van der Waals surface area contributed by atoms with E-state index in [1.54, 1.807) is 11.3 Å². The molecule has 2 aromatic rings. The van der Waals surface area contributed by atoms with Crippen LogP contribution in [0.1, 0.15) is 27.1 Å². The standard InChI is InChI=1S/C13H10Br2F2S/c1-2-7-3-4-12(18-7)13(15)8-5-11(17)9(14)6-10(8)16/h3-6,13H,2H2,1H3. The number of halogens is 4. The van der Waals surface area contributed by atoms with Gasteiger partial charge in [0.25, 0.3) is 0 Å². The molecule has 1 aromatic carbocycles. The van der Waals surface area contributed by atoms with Crippen molar-refractivity contribution in [1.29, 1.82) is 0 Å². The van der Waals surface area contributed by atoms with Gasteiger partial charge in [0.15, 0.2) is 0 Å². The molecule has 0 nitrogen and oxygen atoms in total. The van der Waals surface area contributed by atoms with Gasteiger partial charge in [0.05, 0.1) is 9.30 Å². The van der Waals surface area contributed by atoms with Gasteiger partial charge in [0, 0.05) is 15.3 Å². The SMILES string of the molecule is CCc1ccc(C(Br)c2cc(F)c(Br)cc2F)s1. The molecular formula is C13H10Br2F2S. The smallest absolute Gasteiger partial charge is 0.137 e. The van der Waals surface area contributed by atoms with Crippen molar-refractivity contribution in [3.8, 4) is 0 Å². The van der Waals surface area contributed by atoms with Crippen LogP contribution >= 0.6 is 43.2 Å². The Hall–Kier alpha value is -0.260. The lowest BCUT2D eigenvalue weighted by Gasteiger charge is -2.10. The molecule has 1 atom stereocenters. The number of thiophene rings is 1. The third-order valence-electron chi connectivity index (χ3n) is 2.59. The summed E-state index contributed by atoms with van der Waals surface area (Å²) >= 11 is 8.01. The van der Waals surface area contributed by atoms with Crippen LogP contribution < -0.4 is 0 Å². The van der Waals surface area contributed by atoms with Crippen molar-refractivity contribution in [2.24, 2.45) is 0 Å². The average molecular weight is 396 g/mol. The van der Waals surface area contributed by atoms with Crippen LogP contribution in [0.5, 0.6) is 0 Å². The van der Waals surface area contributed by atoms with Crippen LogP contribution in [0.3, 0.4) is 0 Å². The molecule has 5 heteroatoms. The molecule has 0 spiro atoms. The predicted molar refractivity (Wildman–Crippen MR) is 78.5 cm³/mol. The van der Waals surface area contributed by atoms with Gasteiger partial charge < -0.3 is 0 Å². The zero-order chi connectivity index (χ0) is 13.3. The minimum absolute atomic E-state index is 0.142. The van der Waals surface area contributed by atoms with E-state index < -0.39 is 11.6 Å². The quantitative estimate of drug-likeness (QED) is 0.452. The van der Waals surface area contributed by atoms with E-state index in [2.05, 4.69) is 38.8 Å². The van der Waals surface area contributed by atoms with Crippen LogP contribution in [0.15, 0.2) is 28.7 Å². The molecule has 0 N–H and O–H groups in total. The zero-order valence-electron chi connectivity index (χ0n) is 9.51. The first-order valence-corrected chi connectivity index (χ1v) is 7.92. The molecule has 0 aliphatic carbocycles. The molecule has 0 fully saturated rings. The van der Waals surface area contributed by atoms with Crippen molar-refractivity contribution in [1.82, 2.24) is 0 Å². The van der Waals surface area contributed by atoms with Crippen LogP contribution in [0, 0.1) is 11.6 Å². The fraction of sp³-hybridized carbons (Fsp3) is 0.231. The Morgan fingerprint density at radius 3 is 2.56 bits per heavy atom. The van der Waals surface area contributed by atoms with Crippen LogP contribution in [-0.4, -0.2) is 0 Å². The van der Waals surface area contributed by atoms with E-state index in [0.717, 1.165) is 17.4 Å². The molecular weight excluding hydrogens is 386 g/mol. The van der Waals surface area contributed by atoms with Gasteiger partial charge in [-0.05, 0) is 46.6 Å². The highest BCUT2D eigenvalue weighted by molar-refractivity contribution is 9.10. The predicted octanol–water partition coefficient (Wildman–Crippen LogP) is 5.84. The van der Waals surface area contributed by atoms with E-state index in [1.807, 2.05) is 12.1 Å². The highest BCUT2D eigenvalue weighted by Crippen LogP contribution is 2.37. The fourth-order valence-corrected chi connectivity index (χ4v) is 3.66. The Labute approximate surface area is 125 Å². The minimum atomic E-state index is -0.455. The molecule has 0 amide bonds. The normalized spacial score (nSPS) is 12.7. The van der Waals surface area contributed by atoms with Crippen molar-refractivity contribution >= 4 is 43.2 Å². The summed E-state index contributed by atoms with van der Waals surface area (Å²) < 4.78 is 27.5. The van der Waals surface area contributed by atoms with E-state index in [1.165, 1.54) is 10.9 Å². The Morgan fingerprint density at radius 2 is 1.94 bits per heavy atom. The van der Waals surface area contributed by atoms with Crippen LogP contribution in [-0.2, 0) is 6.42 Å². The Morgan fingerprint density at radius 1 is 1.22 bits per heavy atom. The van der Waals surface area contributed by atoms with Gasteiger partial charge in [-0.15, -0.1) is 11.3 Å². The molecule has 0 aliphatic rings. The lowest BCUT2D eigenvalue weighted by atomic mass is 10.1. The summed E-state index contributed by atoms with van der Waals surface area (Å²) in [7, 11) is 0. The summed E-state index contributed by atoms with van der Waals surface area (Å²) in [6.07, 6.45) is 0.946. The lowest BCUT2D eigenvalue weighted by Crippen LogP contribution is -1.96. The van der Waals surface area contributed by atoms with Gasteiger partial charge in [-0.3, -0.25) is 0 Å². The van der Waals surface area contributed by atoms with Gasteiger partial charge in [-0.2, -0.15) is 0 Å². The number of alkyl halides is 1. The lowest BCUT2D eigenvalue weighted by molar-refractivity contribution is 0.583. The largest absolute Gasteiger partial charge is 0.207 e. The number of rotatable bonds is 3. The molecule has 0 radical (unpaired) electrons. The van der Waals surface area contributed by atoms with Gasteiger partial charge >= 0.3 is 0 Å². The monoisotopic (exact) mass is 394 g/mol. The first-order valence-electron chi connectivity index (χ1n) is 5.40. The van der Waals surface area contributed by atoms with Crippen molar-refractivity contribution < 1.29 is 8.78 Å². The summed E-state index contributed by atoms with van der Waals surface area (Å²) in [5.74, 6) is -0.875. The Balaban J connectivity index is 2.39. The molecule has 0 saturated heterocycles. The van der Waals surface area contributed by atoms with E-state index in [-0.39, 0.29) is 9.30 Å². The summed E-state index contributed by atoms with van der Waals surface area (Å²) in [6.45, 7) is 2.07. The molecule has 2 rings (SSSR count). The second kappa shape index (κ2) is 5.80. The average Bonchev–Trinajstić information content (AvgIpc) is 2.81. The summed E-state index contributed by atoms with van der Waals surface area (Å²) in [5.41, 5.74) is 0.320. The third kappa shape index (κ3) is 2.83.